The Kier molecular flexibility index (Phi) is 8.89. The standard InChI is InChI=1S/C16H26NO5P/c1-3-5-6-7-8-9-14-23(20,21-4-2)22-16-12-10-15(11-13-16)17(18)19/h10-13H,3-9,14H2,1-2H3/t23-/m1/s1. The highest BCUT2D eigenvalue weighted by Crippen LogP contribution is 2.49. The molecule has 0 radical (unpaired) electrons. The molecule has 1 aromatic rings. The Hall–Kier alpha value is -1.39. The number of rotatable bonds is 12. The zero-order chi connectivity index (χ0) is 17.1. The molecule has 1 atom stereocenters. The number of hydrogen-bond donors (Lipinski definition) is 0. The minimum Gasteiger partial charge on any atom is -0.424 e. The molecule has 0 fully saturated rings. The number of hydrogen-bond acceptors (Lipinski definition) is 5. The van der Waals surface area contributed by atoms with E-state index in [2.05, 4.69) is 6.92 Å². The van der Waals surface area contributed by atoms with E-state index in [0.717, 1.165) is 19.3 Å². The number of benzene rings is 1. The average Bonchev–Trinajstić information content (AvgIpc) is 2.51. The van der Waals surface area contributed by atoms with Crippen LogP contribution < -0.4 is 4.52 Å². The summed E-state index contributed by atoms with van der Waals surface area (Å²) >= 11 is 0. The van der Waals surface area contributed by atoms with Gasteiger partial charge in [0.25, 0.3) is 5.69 Å². The van der Waals surface area contributed by atoms with Gasteiger partial charge in [0.15, 0.2) is 0 Å². The van der Waals surface area contributed by atoms with Crippen LogP contribution in [0, 0.1) is 10.1 Å². The molecule has 1 rings (SSSR count). The smallest absolute Gasteiger partial charge is 0.379 e. The van der Waals surface area contributed by atoms with Gasteiger partial charge in [-0.1, -0.05) is 39.0 Å². The van der Waals surface area contributed by atoms with Crippen LogP contribution in [0.2, 0.25) is 0 Å². The largest absolute Gasteiger partial charge is 0.424 e. The molecule has 0 heterocycles. The Bertz CT molecular complexity index is 518. The quantitative estimate of drug-likeness (QED) is 0.215. The summed E-state index contributed by atoms with van der Waals surface area (Å²) in [6.45, 7) is 4.24. The number of nitrogens with zero attached hydrogens (tertiary/aromatic N) is 1. The summed E-state index contributed by atoms with van der Waals surface area (Å²) in [7, 11) is -3.21. The lowest BCUT2D eigenvalue weighted by Gasteiger charge is -2.18. The third kappa shape index (κ3) is 7.62. The molecular weight excluding hydrogens is 317 g/mol. The van der Waals surface area contributed by atoms with Gasteiger partial charge < -0.3 is 9.05 Å². The number of nitro benzene ring substituents is 1. The molecule has 0 saturated heterocycles. The predicted molar refractivity (Wildman–Crippen MR) is 91.2 cm³/mol. The summed E-state index contributed by atoms with van der Waals surface area (Å²) in [5.74, 6) is 0.332. The lowest BCUT2D eigenvalue weighted by molar-refractivity contribution is -0.384. The van der Waals surface area contributed by atoms with Crippen molar-refractivity contribution >= 4 is 13.3 Å². The molecular formula is C16H26NO5P. The maximum Gasteiger partial charge on any atom is 0.379 e. The van der Waals surface area contributed by atoms with Crippen LogP contribution >= 0.6 is 7.60 Å². The van der Waals surface area contributed by atoms with Crippen LogP contribution in [-0.2, 0) is 9.09 Å². The molecule has 6 nitrogen and oxygen atoms in total. The Morgan fingerprint density at radius 2 is 1.65 bits per heavy atom. The van der Waals surface area contributed by atoms with Crippen LogP contribution in [0.15, 0.2) is 24.3 Å². The highest BCUT2D eigenvalue weighted by Gasteiger charge is 2.25. The molecule has 1 aromatic carbocycles. The van der Waals surface area contributed by atoms with Crippen molar-refractivity contribution in [3.63, 3.8) is 0 Å². The van der Waals surface area contributed by atoms with Crippen molar-refractivity contribution in [3.05, 3.63) is 34.4 Å². The molecule has 0 bridgehead atoms. The summed E-state index contributed by atoms with van der Waals surface area (Å²) in [4.78, 5) is 10.2. The second-order valence-corrected chi connectivity index (χ2v) is 7.47. The van der Waals surface area contributed by atoms with Gasteiger partial charge in [0, 0.05) is 12.1 Å². The van der Waals surface area contributed by atoms with Crippen molar-refractivity contribution in [1.82, 2.24) is 0 Å². The second kappa shape index (κ2) is 10.4. The summed E-state index contributed by atoms with van der Waals surface area (Å²) < 4.78 is 23.6. The van der Waals surface area contributed by atoms with Crippen molar-refractivity contribution in [2.75, 3.05) is 12.8 Å². The van der Waals surface area contributed by atoms with Crippen LogP contribution in [0.5, 0.6) is 5.75 Å². The molecule has 0 N–H and O–H groups in total. The van der Waals surface area contributed by atoms with E-state index in [1.807, 2.05) is 0 Å². The van der Waals surface area contributed by atoms with Gasteiger partial charge >= 0.3 is 7.60 Å². The molecule has 0 aliphatic carbocycles. The molecule has 0 spiro atoms. The van der Waals surface area contributed by atoms with Gasteiger partial charge in [-0.15, -0.1) is 0 Å². The first kappa shape index (κ1) is 19.7. The highest BCUT2D eigenvalue weighted by molar-refractivity contribution is 7.54. The lowest BCUT2D eigenvalue weighted by Crippen LogP contribution is -2.03. The van der Waals surface area contributed by atoms with E-state index in [1.54, 1.807) is 6.92 Å². The first-order valence-electron chi connectivity index (χ1n) is 8.18. The highest BCUT2D eigenvalue weighted by atomic mass is 31.2. The van der Waals surface area contributed by atoms with Crippen molar-refractivity contribution < 1.29 is 18.5 Å². The van der Waals surface area contributed by atoms with Gasteiger partial charge in [0.05, 0.1) is 17.7 Å². The monoisotopic (exact) mass is 343 g/mol. The molecule has 23 heavy (non-hydrogen) atoms. The second-order valence-electron chi connectivity index (χ2n) is 5.36. The van der Waals surface area contributed by atoms with Crippen molar-refractivity contribution in [3.8, 4) is 5.75 Å². The fraction of sp³-hybridized carbons (Fsp3) is 0.625. The topological polar surface area (TPSA) is 78.7 Å². The SMILES string of the molecule is CCCCCCCC[P@@](=O)(OCC)Oc1ccc([N+](=O)[O-])cc1. The van der Waals surface area contributed by atoms with Crippen molar-refractivity contribution in [2.24, 2.45) is 0 Å². The molecule has 0 amide bonds. The van der Waals surface area contributed by atoms with Crippen LogP contribution in [0.1, 0.15) is 52.4 Å². The minimum atomic E-state index is -3.21. The van der Waals surface area contributed by atoms with Gasteiger partial charge in [0.2, 0.25) is 0 Å². The zero-order valence-electron chi connectivity index (χ0n) is 13.9. The fourth-order valence-corrected chi connectivity index (χ4v) is 3.93. The van der Waals surface area contributed by atoms with Crippen LogP contribution in [0.25, 0.3) is 0 Å². The van der Waals surface area contributed by atoms with E-state index >= 15 is 0 Å². The van der Waals surface area contributed by atoms with Crippen LogP contribution in [0.4, 0.5) is 5.69 Å². The summed E-state index contributed by atoms with van der Waals surface area (Å²) in [5.41, 5.74) is -0.0282. The van der Waals surface area contributed by atoms with E-state index in [1.165, 1.54) is 43.5 Å². The number of nitro groups is 1. The van der Waals surface area contributed by atoms with Gasteiger partial charge in [-0.05, 0) is 25.5 Å². The molecule has 7 heteroatoms. The zero-order valence-corrected chi connectivity index (χ0v) is 14.8. The number of unbranched alkanes of at least 4 members (excludes halogenated alkanes) is 5. The number of non-ortho nitro benzene ring substituents is 1. The molecule has 0 aliphatic heterocycles. The first-order chi connectivity index (χ1) is 11.0. The van der Waals surface area contributed by atoms with Gasteiger partial charge in [-0.25, -0.2) is 4.57 Å². The summed E-state index contributed by atoms with van der Waals surface area (Å²) in [6.07, 6.45) is 6.89. The predicted octanol–water partition coefficient (Wildman–Crippen LogP) is 5.56. The fourth-order valence-electron chi connectivity index (χ4n) is 2.21. The third-order valence-corrected chi connectivity index (χ3v) is 5.41. The van der Waals surface area contributed by atoms with E-state index < -0.39 is 12.5 Å². The molecule has 0 unspecified atom stereocenters. The summed E-state index contributed by atoms with van der Waals surface area (Å²) in [6, 6.07) is 5.56. The molecule has 130 valence electrons. The van der Waals surface area contributed by atoms with E-state index in [0.29, 0.717) is 18.5 Å². The summed E-state index contributed by atoms with van der Waals surface area (Å²) in [5, 5.41) is 10.6. The molecule has 0 aromatic heterocycles. The van der Waals surface area contributed by atoms with Crippen molar-refractivity contribution in [2.45, 2.75) is 52.4 Å². The third-order valence-electron chi connectivity index (χ3n) is 3.40. The maximum atomic E-state index is 12.7. The maximum absolute atomic E-state index is 12.7. The van der Waals surface area contributed by atoms with E-state index in [-0.39, 0.29) is 5.69 Å². The first-order valence-corrected chi connectivity index (χ1v) is 9.91. The van der Waals surface area contributed by atoms with E-state index in [4.69, 9.17) is 9.05 Å². The Labute approximate surface area is 137 Å². The minimum absolute atomic E-state index is 0.0282. The van der Waals surface area contributed by atoms with Gasteiger partial charge in [-0.3, -0.25) is 10.1 Å². The van der Waals surface area contributed by atoms with Crippen molar-refractivity contribution in [1.29, 1.82) is 0 Å². The molecule has 0 saturated carbocycles. The van der Waals surface area contributed by atoms with Gasteiger partial charge in [-0.2, -0.15) is 0 Å². The van der Waals surface area contributed by atoms with Gasteiger partial charge in [0.1, 0.15) is 5.75 Å². The average molecular weight is 343 g/mol. The Morgan fingerprint density at radius 1 is 1.04 bits per heavy atom. The Balaban J connectivity index is 2.54. The van der Waals surface area contributed by atoms with Crippen LogP contribution in [-0.4, -0.2) is 17.7 Å². The van der Waals surface area contributed by atoms with Crippen LogP contribution in [0.3, 0.4) is 0 Å². The Morgan fingerprint density at radius 3 is 2.22 bits per heavy atom. The lowest BCUT2D eigenvalue weighted by atomic mass is 10.1. The molecule has 0 aliphatic rings. The normalized spacial score (nSPS) is 13.5. The van der Waals surface area contributed by atoms with E-state index in [9.17, 15) is 14.7 Å².